The van der Waals surface area contributed by atoms with E-state index < -0.39 is 0 Å². The van der Waals surface area contributed by atoms with Gasteiger partial charge >= 0.3 is 0 Å². The Balaban J connectivity index is 1.76. The van der Waals surface area contributed by atoms with Crippen molar-refractivity contribution in [3.05, 3.63) is 28.8 Å². The van der Waals surface area contributed by atoms with Crippen molar-refractivity contribution < 1.29 is 0 Å². The summed E-state index contributed by atoms with van der Waals surface area (Å²) in [6, 6.07) is 7.51. The summed E-state index contributed by atoms with van der Waals surface area (Å²) in [6.07, 6.45) is 3.93. The van der Waals surface area contributed by atoms with Crippen LogP contribution in [0.1, 0.15) is 24.8 Å². The first-order chi connectivity index (χ1) is 8.24. The Morgan fingerprint density at radius 3 is 3.06 bits per heavy atom. The smallest absolute Gasteiger partial charge is 0.0637 e. The molecule has 2 atom stereocenters. The van der Waals surface area contributed by atoms with Gasteiger partial charge in [-0.05, 0) is 50.4 Å². The van der Waals surface area contributed by atoms with Gasteiger partial charge < -0.3 is 5.32 Å². The summed E-state index contributed by atoms with van der Waals surface area (Å²) in [5.41, 5.74) is 2.36. The van der Waals surface area contributed by atoms with Gasteiger partial charge in [0.15, 0.2) is 0 Å². The molecule has 0 bridgehead atoms. The van der Waals surface area contributed by atoms with Gasteiger partial charge in [0.05, 0.1) is 10.7 Å². The number of rotatable bonds is 2. The lowest BCUT2D eigenvalue weighted by atomic mass is 10.1. The second-order valence-corrected chi connectivity index (χ2v) is 5.68. The van der Waals surface area contributed by atoms with E-state index in [0.29, 0.717) is 6.04 Å². The largest absolute Gasteiger partial charge is 0.379 e. The molecule has 0 aromatic heterocycles. The number of aryl methyl sites for hydroxylation is 1. The zero-order valence-electron chi connectivity index (χ0n) is 10.2. The Morgan fingerprint density at radius 2 is 2.18 bits per heavy atom. The molecule has 2 unspecified atom stereocenters. The fourth-order valence-corrected chi connectivity index (χ4v) is 3.37. The molecule has 92 valence electrons. The van der Waals surface area contributed by atoms with Crippen molar-refractivity contribution in [2.24, 2.45) is 0 Å². The Labute approximate surface area is 108 Å². The molecule has 2 aliphatic heterocycles. The first kappa shape index (κ1) is 11.4. The first-order valence-electron chi connectivity index (χ1n) is 6.51. The van der Waals surface area contributed by atoms with Crippen molar-refractivity contribution in [3.8, 4) is 0 Å². The van der Waals surface area contributed by atoms with E-state index >= 15 is 0 Å². The first-order valence-corrected chi connectivity index (χ1v) is 6.88. The van der Waals surface area contributed by atoms with Crippen LogP contribution in [-0.4, -0.2) is 30.1 Å². The Hall–Kier alpha value is -0.730. The van der Waals surface area contributed by atoms with E-state index in [1.54, 1.807) is 0 Å². The molecule has 3 heteroatoms. The molecule has 17 heavy (non-hydrogen) atoms. The average molecular weight is 251 g/mol. The van der Waals surface area contributed by atoms with E-state index in [-0.39, 0.29) is 0 Å². The summed E-state index contributed by atoms with van der Waals surface area (Å²) >= 11 is 6.24. The summed E-state index contributed by atoms with van der Waals surface area (Å²) in [6.45, 7) is 4.63. The van der Waals surface area contributed by atoms with Gasteiger partial charge in [-0.3, -0.25) is 4.90 Å². The Bertz CT molecular complexity index is 419. The van der Waals surface area contributed by atoms with E-state index in [2.05, 4.69) is 29.3 Å². The van der Waals surface area contributed by atoms with Crippen LogP contribution in [0.2, 0.25) is 5.02 Å². The lowest BCUT2D eigenvalue weighted by Gasteiger charge is -2.23. The molecule has 0 amide bonds. The van der Waals surface area contributed by atoms with Gasteiger partial charge in [-0.1, -0.05) is 17.7 Å². The summed E-state index contributed by atoms with van der Waals surface area (Å²) in [5.74, 6) is 0. The number of anilines is 1. The molecule has 3 rings (SSSR count). The molecule has 0 aliphatic carbocycles. The van der Waals surface area contributed by atoms with Gasteiger partial charge in [0.25, 0.3) is 0 Å². The number of nitrogens with one attached hydrogen (secondary N) is 1. The van der Waals surface area contributed by atoms with Crippen molar-refractivity contribution in [2.45, 2.75) is 38.3 Å². The summed E-state index contributed by atoms with van der Waals surface area (Å²) in [4.78, 5) is 2.61. The second-order valence-electron chi connectivity index (χ2n) is 5.27. The fourth-order valence-electron chi connectivity index (χ4n) is 3.20. The summed E-state index contributed by atoms with van der Waals surface area (Å²) in [7, 11) is 0. The van der Waals surface area contributed by atoms with Crippen LogP contribution in [0, 0.1) is 6.92 Å². The molecule has 1 N–H and O–H groups in total. The molecule has 1 aromatic carbocycles. The molecular weight excluding hydrogens is 232 g/mol. The maximum absolute atomic E-state index is 6.24. The fraction of sp³-hybridized carbons (Fsp3) is 0.571. The van der Waals surface area contributed by atoms with Crippen molar-refractivity contribution >= 4 is 17.3 Å². The van der Waals surface area contributed by atoms with Gasteiger partial charge in [-0.2, -0.15) is 0 Å². The van der Waals surface area contributed by atoms with Crippen molar-refractivity contribution in [2.75, 3.05) is 18.4 Å². The second kappa shape index (κ2) is 4.51. The zero-order valence-corrected chi connectivity index (χ0v) is 11.0. The molecule has 0 radical (unpaired) electrons. The maximum Gasteiger partial charge on any atom is 0.0637 e. The van der Waals surface area contributed by atoms with Crippen LogP contribution >= 0.6 is 11.6 Å². The van der Waals surface area contributed by atoms with Crippen molar-refractivity contribution in [1.82, 2.24) is 4.90 Å². The molecule has 2 aliphatic rings. The number of benzene rings is 1. The van der Waals surface area contributed by atoms with Crippen LogP contribution in [0.5, 0.6) is 0 Å². The van der Waals surface area contributed by atoms with Crippen LogP contribution in [0.15, 0.2) is 18.2 Å². The number of hydrogen-bond acceptors (Lipinski definition) is 2. The normalized spacial score (nSPS) is 28.4. The van der Waals surface area contributed by atoms with Crippen LogP contribution < -0.4 is 5.32 Å². The lowest BCUT2D eigenvalue weighted by molar-refractivity contribution is 0.318. The van der Waals surface area contributed by atoms with E-state index in [9.17, 15) is 0 Å². The quantitative estimate of drug-likeness (QED) is 0.867. The highest BCUT2D eigenvalue weighted by Gasteiger charge is 2.37. The van der Waals surface area contributed by atoms with Crippen LogP contribution in [-0.2, 0) is 0 Å². The number of halogens is 1. The third kappa shape index (κ3) is 2.16. The molecule has 0 spiro atoms. The lowest BCUT2D eigenvalue weighted by Crippen LogP contribution is -2.33. The van der Waals surface area contributed by atoms with E-state index in [1.165, 1.54) is 37.9 Å². The number of hydrogen-bond donors (Lipinski definition) is 1. The molecule has 2 nitrogen and oxygen atoms in total. The predicted molar refractivity (Wildman–Crippen MR) is 72.8 cm³/mol. The highest BCUT2D eigenvalue weighted by atomic mass is 35.5. The summed E-state index contributed by atoms with van der Waals surface area (Å²) < 4.78 is 0. The highest BCUT2D eigenvalue weighted by molar-refractivity contribution is 6.33. The third-order valence-electron chi connectivity index (χ3n) is 4.07. The van der Waals surface area contributed by atoms with Gasteiger partial charge in [0.2, 0.25) is 0 Å². The van der Waals surface area contributed by atoms with Crippen molar-refractivity contribution in [1.29, 1.82) is 0 Å². The molecule has 2 heterocycles. The Kier molecular flexibility index (Phi) is 3.01. The zero-order chi connectivity index (χ0) is 11.8. The third-order valence-corrected chi connectivity index (χ3v) is 4.40. The standard InChI is InChI=1S/C14H19ClN2/c1-10-4-5-11(15)13(9-10)16-12-6-8-17-7-2-3-14(12)17/h4-5,9,12,14,16H,2-3,6-8H2,1H3. The van der Waals surface area contributed by atoms with E-state index in [4.69, 9.17) is 11.6 Å². The van der Waals surface area contributed by atoms with Crippen molar-refractivity contribution in [3.63, 3.8) is 0 Å². The monoisotopic (exact) mass is 250 g/mol. The average Bonchev–Trinajstić information content (AvgIpc) is 2.88. The van der Waals surface area contributed by atoms with Gasteiger partial charge in [-0.15, -0.1) is 0 Å². The van der Waals surface area contributed by atoms with Crippen LogP contribution in [0.25, 0.3) is 0 Å². The minimum atomic E-state index is 0.580. The topological polar surface area (TPSA) is 15.3 Å². The summed E-state index contributed by atoms with van der Waals surface area (Å²) in [5, 5.41) is 4.49. The number of fused-ring (bicyclic) bond motifs is 1. The molecule has 2 saturated heterocycles. The molecule has 2 fully saturated rings. The SMILES string of the molecule is Cc1ccc(Cl)c(NC2CCN3CCCC23)c1. The van der Waals surface area contributed by atoms with Gasteiger partial charge in [0.1, 0.15) is 0 Å². The molecular formula is C14H19ClN2. The highest BCUT2D eigenvalue weighted by Crippen LogP contribution is 2.32. The van der Waals surface area contributed by atoms with Gasteiger partial charge in [0, 0.05) is 18.6 Å². The van der Waals surface area contributed by atoms with Crippen LogP contribution in [0.3, 0.4) is 0 Å². The predicted octanol–water partition coefficient (Wildman–Crippen LogP) is 3.30. The number of nitrogens with zero attached hydrogens (tertiary/aromatic N) is 1. The maximum atomic E-state index is 6.24. The molecule has 0 saturated carbocycles. The van der Waals surface area contributed by atoms with Crippen LogP contribution in [0.4, 0.5) is 5.69 Å². The molecule has 1 aromatic rings. The van der Waals surface area contributed by atoms with E-state index in [1.807, 2.05) is 6.07 Å². The van der Waals surface area contributed by atoms with Gasteiger partial charge in [-0.25, -0.2) is 0 Å². The Morgan fingerprint density at radius 1 is 1.29 bits per heavy atom. The minimum absolute atomic E-state index is 0.580. The minimum Gasteiger partial charge on any atom is -0.379 e. The van der Waals surface area contributed by atoms with E-state index in [0.717, 1.165) is 16.8 Å².